The van der Waals surface area contributed by atoms with E-state index in [1.807, 2.05) is 31.1 Å². The van der Waals surface area contributed by atoms with Crippen LogP contribution in [0.3, 0.4) is 0 Å². The van der Waals surface area contributed by atoms with Crippen LogP contribution in [0.25, 0.3) is 56.0 Å². The van der Waals surface area contributed by atoms with Gasteiger partial charge in [0.15, 0.2) is 11.5 Å². The van der Waals surface area contributed by atoms with E-state index < -0.39 is 11.6 Å². The van der Waals surface area contributed by atoms with Gasteiger partial charge >= 0.3 is 0 Å². The van der Waals surface area contributed by atoms with E-state index >= 15 is 4.39 Å². The number of pyridine rings is 3. The molecule has 0 aliphatic rings. The van der Waals surface area contributed by atoms with Crippen LogP contribution in [0.1, 0.15) is 10.4 Å². The van der Waals surface area contributed by atoms with E-state index in [-0.39, 0.29) is 34.0 Å². The van der Waals surface area contributed by atoms with Gasteiger partial charge in [-0.25, -0.2) is 18.7 Å². The van der Waals surface area contributed by atoms with Crippen molar-refractivity contribution in [2.24, 2.45) is 0 Å². The second kappa shape index (κ2) is 12.4. The maximum atomic E-state index is 16.3. The molecule has 234 valence electrons. The van der Waals surface area contributed by atoms with Crippen molar-refractivity contribution in [2.75, 3.05) is 37.8 Å². The molecule has 5 heterocycles. The van der Waals surface area contributed by atoms with E-state index in [2.05, 4.69) is 40.8 Å². The van der Waals surface area contributed by atoms with Gasteiger partial charge in [-0.2, -0.15) is 5.10 Å². The van der Waals surface area contributed by atoms with Crippen molar-refractivity contribution < 1.29 is 13.6 Å². The predicted molar refractivity (Wildman–Crippen MR) is 177 cm³/mol. The number of nitrogens with one attached hydrogen (secondary N) is 4. The number of carbonyl (C=O) groups excluding carboxylic acids is 1. The van der Waals surface area contributed by atoms with E-state index in [1.54, 1.807) is 42.6 Å². The molecule has 0 aliphatic carbocycles. The number of hydrogen-bond donors (Lipinski definition) is 4. The summed E-state index contributed by atoms with van der Waals surface area (Å²) >= 11 is 0. The molecule has 13 heteroatoms. The van der Waals surface area contributed by atoms with Gasteiger partial charge < -0.3 is 20.5 Å². The van der Waals surface area contributed by atoms with Gasteiger partial charge in [-0.15, -0.1) is 0 Å². The van der Waals surface area contributed by atoms with Crippen LogP contribution >= 0.6 is 0 Å². The monoisotopic (exact) mass is 630 g/mol. The van der Waals surface area contributed by atoms with Crippen LogP contribution in [0, 0.1) is 11.6 Å². The van der Waals surface area contributed by atoms with Crippen molar-refractivity contribution in [1.82, 2.24) is 40.0 Å². The molecule has 0 radical (unpaired) electrons. The fourth-order valence-electron chi connectivity index (χ4n) is 5.29. The molecule has 0 bridgehead atoms. The first kappa shape index (κ1) is 29.6. The summed E-state index contributed by atoms with van der Waals surface area (Å²) in [5.74, 6) is -1.04. The molecule has 11 nitrogen and oxygen atoms in total. The molecular weight excluding hydrogens is 602 g/mol. The lowest BCUT2D eigenvalue weighted by Gasteiger charge is -2.12. The summed E-state index contributed by atoms with van der Waals surface area (Å²) < 4.78 is 31.0. The van der Waals surface area contributed by atoms with Crippen LogP contribution in [0.15, 0.2) is 85.5 Å². The Morgan fingerprint density at radius 2 is 1.74 bits per heavy atom. The van der Waals surface area contributed by atoms with E-state index in [0.29, 0.717) is 51.3 Å². The molecule has 0 saturated carbocycles. The van der Waals surface area contributed by atoms with E-state index in [1.165, 1.54) is 30.7 Å². The van der Waals surface area contributed by atoms with Crippen LogP contribution in [0.5, 0.6) is 0 Å². The summed E-state index contributed by atoms with van der Waals surface area (Å²) in [4.78, 5) is 35.8. The minimum atomic E-state index is -0.593. The summed E-state index contributed by atoms with van der Waals surface area (Å²) in [6.07, 6.45) is 5.96. The molecule has 5 aromatic heterocycles. The molecular formula is C34H28F2N10O. The van der Waals surface area contributed by atoms with Gasteiger partial charge in [-0.05, 0) is 56.6 Å². The van der Waals surface area contributed by atoms with Gasteiger partial charge in [-0.3, -0.25) is 19.9 Å². The first-order valence-corrected chi connectivity index (χ1v) is 14.7. The third kappa shape index (κ3) is 5.99. The van der Waals surface area contributed by atoms with E-state index in [4.69, 9.17) is 4.98 Å². The van der Waals surface area contributed by atoms with Crippen molar-refractivity contribution in [2.45, 2.75) is 0 Å². The smallest absolute Gasteiger partial charge is 0.255 e. The number of aromatic amines is 2. The minimum Gasteiger partial charge on any atom is -0.384 e. The Balaban J connectivity index is 1.24. The van der Waals surface area contributed by atoms with Crippen LogP contribution in [0.2, 0.25) is 0 Å². The fraction of sp³-hybridized carbons (Fsp3) is 0.118. The van der Waals surface area contributed by atoms with Crippen LogP contribution in [-0.4, -0.2) is 73.1 Å². The van der Waals surface area contributed by atoms with Crippen LogP contribution in [-0.2, 0) is 0 Å². The number of imidazole rings is 1. The molecule has 7 aromatic rings. The Kier molecular flexibility index (Phi) is 7.80. The number of anilines is 2. The fourth-order valence-corrected chi connectivity index (χ4v) is 5.29. The molecule has 0 atom stereocenters. The summed E-state index contributed by atoms with van der Waals surface area (Å²) in [5, 5.41) is 13.3. The van der Waals surface area contributed by atoms with E-state index in [9.17, 15) is 9.18 Å². The Morgan fingerprint density at radius 3 is 2.57 bits per heavy atom. The van der Waals surface area contributed by atoms with Crippen molar-refractivity contribution in [1.29, 1.82) is 0 Å². The number of amides is 1. The van der Waals surface area contributed by atoms with Crippen molar-refractivity contribution in [3.8, 4) is 33.9 Å². The second-order valence-corrected chi connectivity index (χ2v) is 11.2. The standard InChI is InChI=1S/C34H28F2N10O/c1-46(2)11-10-38-23-13-20(12-22(35)15-23)29-30-26(8-9-39-29)42-33(43-30)31-27-28(36)25(18-40-32(27)45-44-31)21-14-24(17-37-16-21)41-34(47)19-6-4-3-5-7-19/h3-9,12-18,38H,10-11H2,1-2H3,(H,41,47)(H,42,43)(H,40,44,45). The van der Waals surface area contributed by atoms with Gasteiger partial charge in [0.05, 0.1) is 28.5 Å². The van der Waals surface area contributed by atoms with Crippen molar-refractivity contribution in [3.63, 3.8) is 0 Å². The normalized spacial score (nSPS) is 11.4. The molecule has 0 saturated heterocycles. The molecule has 4 N–H and O–H groups in total. The lowest BCUT2D eigenvalue weighted by Crippen LogP contribution is -2.20. The van der Waals surface area contributed by atoms with Crippen LogP contribution in [0.4, 0.5) is 20.2 Å². The summed E-state index contributed by atoms with van der Waals surface area (Å²) in [5.41, 5.74) is 4.58. The molecule has 7 rings (SSSR count). The van der Waals surface area contributed by atoms with Gasteiger partial charge in [0.2, 0.25) is 0 Å². The molecule has 47 heavy (non-hydrogen) atoms. The number of likely N-dealkylation sites (N-methyl/N-ethyl adjacent to an activating group) is 1. The predicted octanol–water partition coefficient (Wildman–Crippen LogP) is 6.13. The Bertz CT molecular complexity index is 2250. The number of hydrogen-bond acceptors (Lipinski definition) is 8. The number of H-pyrrole nitrogens is 2. The summed E-state index contributed by atoms with van der Waals surface area (Å²) in [6.45, 7) is 1.41. The topological polar surface area (TPSA) is 140 Å². The number of nitrogens with zero attached hydrogens (tertiary/aromatic N) is 6. The molecule has 0 spiro atoms. The maximum absolute atomic E-state index is 16.3. The van der Waals surface area contributed by atoms with Gasteiger partial charge in [0, 0.05) is 59.6 Å². The Hall–Kier alpha value is -6.08. The highest BCUT2D eigenvalue weighted by Crippen LogP contribution is 2.35. The Morgan fingerprint density at radius 1 is 0.915 bits per heavy atom. The third-order valence-corrected chi connectivity index (χ3v) is 7.55. The third-order valence-electron chi connectivity index (χ3n) is 7.55. The number of halogens is 2. The van der Waals surface area contributed by atoms with E-state index in [0.717, 1.165) is 6.54 Å². The zero-order valence-corrected chi connectivity index (χ0v) is 25.3. The average Bonchev–Trinajstić information content (AvgIpc) is 3.70. The van der Waals surface area contributed by atoms with Gasteiger partial charge in [0.25, 0.3) is 5.91 Å². The number of rotatable bonds is 9. The first-order chi connectivity index (χ1) is 22.8. The van der Waals surface area contributed by atoms with Gasteiger partial charge in [-0.1, -0.05) is 18.2 Å². The quantitative estimate of drug-likeness (QED) is 0.149. The molecule has 1 amide bonds. The number of carbonyl (C=O) groups is 1. The average molecular weight is 631 g/mol. The molecule has 0 fully saturated rings. The zero-order chi connectivity index (χ0) is 32.5. The highest BCUT2D eigenvalue weighted by atomic mass is 19.1. The first-order valence-electron chi connectivity index (χ1n) is 14.7. The summed E-state index contributed by atoms with van der Waals surface area (Å²) in [6, 6.07) is 16.8. The largest absolute Gasteiger partial charge is 0.384 e. The maximum Gasteiger partial charge on any atom is 0.255 e. The lowest BCUT2D eigenvalue weighted by molar-refractivity contribution is 0.102. The number of benzene rings is 2. The van der Waals surface area contributed by atoms with Gasteiger partial charge in [0.1, 0.15) is 22.8 Å². The lowest BCUT2D eigenvalue weighted by atomic mass is 10.1. The van der Waals surface area contributed by atoms with Crippen molar-refractivity contribution in [3.05, 3.63) is 103 Å². The minimum absolute atomic E-state index is 0.118. The number of aromatic nitrogens is 7. The van der Waals surface area contributed by atoms with Crippen LogP contribution < -0.4 is 10.6 Å². The number of fused-ring (bicyclic) bond motifs is 2. The molecule has 0 aliphatic heterocycles. The SMILES string of the molecule is CN(C)CCNc1cc(F)cc(-c2nccc3[nH]c(-c4n[nH]c5ncc(-c6cncc(NC(=O)c7ccccc7)c6)c(F)c45)nc23)c1. The molecule has 2 aromatic carbocycles. The zero-order valence-electron chi connectivity index (χ0n) is 25.3. The highest BCUT2D eigenvalue weighted by Gasteiger charge is 2.22. The summed E-state index contributed by atoms with van der Waals surface area (Å²) in [7, 11) is 3.93. The van der Waals surface area contributed by atoms with Crippen molar-refractivity contribution >= 4 is 39.3 Å². The molecule has 0 unspecified atom stereocenters. The second-order valence-electron chi connectivity index (χ2n) is 11.2. The highest BCUT2D eigenvalue weighted by molar-refractivity contribution is 6.04. The Labute approximate surface area is 267 Å².